The fourth-order valence-corrected chi connectivity index (χ4v) is 2.13. The van der Waals surface area contributed by atoms with Crippen molar-refractivity contribution in [2.24, 2.45) is 0 Å². The molecule has 5 heteroatoms. The van der Waals surface area contributed by atoms with E-state index in [0.29, 0.717) is 11.1 Å². The monoisotopic (exact) mass is 264 g/mol. The van der Waals surface area contributed by atoms with E-state index in [1.165, 1.54) is 0 Å². The molecule has 0 aliphatic carbocycles. The molecule has 3 N–H and O–H groups in total. The van der Waals surface area contributed by atoms with Gasteiger partial charge in [0.15, 0.2) is 0 Å². The minimum absolute atomic E-state index is 0.0209. The van der Waals surface area contributed by atoms with Gasteiger partial charge in [-0.25, -0.2) is 0 Å². The fourth-order valence-electron chi connectivity index (χ4n) is 2.13. The SMILES string of the molecule is Cc1cccc(-c2c(C#N)c(N)[nH]c(=O)c2C#N)c1C. The van der Waals surface area contributed by atoms with Gasteiger partial charge in [-0.3, -0.25) is 4.79 Å². The maximum Gasteiger partial charge on any atom is 0.268 e. The first kappa shape index (κ1) is 13.4. The first-order valence-corrected chi connectivity index (χ1v) is 5.93. The van der Waals surface area contributed by atoms with Crippen LogP contribution in [-0.4, -0.2) is 4.98 Å². The first-order chi connectivity index (χ1) is 9.51. The number of nitrogens with two attached hydrogens (primary N) is 1. The molecule has 0 atom stereocenters. The molecule has 1 aromatic carbocycles. The Morgan fingerprint density at radius 1 is 1.15 bits per heavy atom. The highest BCUT2D eigenvalue weighted by Gasteiger charge is 2.19. The van der Waals surface area contributed by atoms with E-state index in [2.05, 4.69) is 4.98 Å². The van der Waals surface area contributed by atoms with Crippen LogP contribution in [0.15, 0.2) is 23.0 Å². The number of aromatic nitrogens is 1. The van der Waals surface area contributed by atoms with Crippen LogP contribution in [-0.2, 0) is 0 Å². The maximum atomic E-state index is 11.9. The molecule has 0 unspecified atom stereocenters. The lowest BCUT2D eigenvalue weighted by atomic mass is 9.91. The van der Waals surface area contributed by atoms with E-state index in [9.17, 15) is 15.3 Å². The van der Waals surface area contributed by atoms with Gasteiger partial charge in [0.05, 0.1) is 0 Å². The summed E-state index contributed by atoms with van der Waals surface area (Å²) in [6.45, 7) is 3.80. The zero-order valence-electron chi connectivity index (χ0n) is 11.1. The number of H-pyrrole nitrogens is 1. The van der Waals surface area contributed by atoms with Crippen molar-refractivity contribution in [3.63, 3.8) is 0 Å². The first-order valence-electron chi connectivity index (χ1n) is 5.93. The Bertz CT molecular complexity index is 835. The molecular formula is C15H12N4O. The van der Waals surface area contributed by atoms with Crippen molar-refractivity contribution in [3.8, 4) is 23.3 Å². The second-order valence-electron chi connectivity index (χ2n) is 4.46. The summed E-state index contributed by atoms with van der Waals surface area (Å²) >= 11 is 0. The van der Waals surface area contributed by atoms with Gasteiger partial charge in [-0.05, 0) is 30.5 Å². The van der Waals surface area contributed by atoms with Crippen molar-refractivity contribution in [2.45, 2.75) is 13.8 Å². The molecule has 0 amide bonds. The van der Waals surface area contributed by atoms with Crippen LogP contribution < -0.4 is 11.3 Å². The topological polar surface area (TPSA) is 106 Å². The van der Waals surface area contributed by atoms with Crippen LogP contribution in [0.1, 0.15) is 22.3 Å². The molecule has 0 aliphatic rings. The van der Waals surface area contributed by atoms with Gasteiger partial charge in [-0.15, -0.1) is 0 Å². The van der Waals surface area contributed by atoms with Gasteiger partial charge in [-0.2, -0.15) is 10.5 Å². The number of aryl methyl sites for hydroxylation is 1. The lowest BCUT2D eigenvalue weighted by Crippen LogP contribution is -2.16. The van der Waals surface area contributed by atoms with Crippen LogP contribution >= 0.6 is 0 Å². The van der Waals surface area contributed by atoms with E-state index in [1.54, 1.807) is 6.07 Å². The van der Waals surface area contributed by atoms with E-state index >= 15 is 0 Å². The Labute approximate surface area is 115 Å². The second-order valence-corrected chi connectivity index (χ2v) is 4.46. The number of aromatic amines is 1. The average molecular weight is 264 g/mol. The predicted molar refractivity (Wildman–Crippen MR) is 75.8 cm³/mol. The lowest BCUT2D eigenvalue weighted by Gasteiger charge is -2.12. The van der Waals surface area contributed by atoms with E-state index in [1.807, 2.05) is 38.1 Å². The van der Waals surface area contributed by atoms with Gasteiger partial charge in [0.2, 0.25) is 0 Å². The highest BCUT2D eigenvalue weighted by molar-refractivity contribution is 5.82. The number of nitriles is 2. The van der Waals surface area contributed by atoms with Crippen LogP contribution in [0.5, 0.6) is 0 Å². The largest absolute Gasteiger partial charge is 0.384 e. The van der Waals surface area contributed by atoms with Crippen molar-refractivity contribution in [2.75, 3.05) is 5.73 Å². The zero-order valence-corrected chi connectivity index (χ0v) is 11.1. The van der Waals surface area contributed by atoms with Crippen molar-refractivity contribution in [3.05, 3.63) is 50.8 Å². The molecule has 2 rings (SSSR count). The van der Waals surface area contributed by atoms with Gasteiger partial charge in [0, 0.05) is 5.56 Å². The van der Waals surface area contributed by atoms with Crippen LogP contribution in [0.2, 0.25) is 0 Å². The standard InChI is InChI=1S/C15H12N4O/c1-8-4-3-5-10(9(8)2)13-11(6-16)14(18)19-15(20)12(13)7-17/h3-5H,1-2H3,(H3,18,19,20). The molecule has 0 fully saturated rings. The summed E-state index contributed by atoms with van der Waals surface area (Å²) in [6, 6.07) is 9.34. The molecule has 0 spiro atoms. The Morgan fingerprint density at radius 2 is 1.80 bits per heavy atom. The second kappa shape index (κ2) is 4.91. The van der Waals surface area contributed by atoms with Gasteiger partial charge in [0.1, 0.15) is 29.1 Å². The molecular weight excluding hydrogens is 252 g/mol. The molecule has 5 nitrogen and oxygen atoms in total. The predicted octanol–water partition coefficient (Wildman–Crippen LogP) is 1.98. The van der Waals surface area contributed by atoms with E-state index in [0.717, 1.165) is 11.1 Å². The molecule has 0 saturated carbocycles. The maximum absolute atomic E-state index is 11.9. The molecule has 1 heterocycles. The Morgan fingerprint density at radius 3 is 2.40 bits per heavy atom. The third kappa shape index (κ3) is 1.92. The van der Waals surface area contributed by atoms with Gasteiger partial charge in [0.25, 0.3) is 5.56 Å². The normalized spacial score (nSPS) is 9.80. The van der Waals surface area contributed by atoms with Gasteiger partial charge in [-0.1, -0.05) is 18.2 Å². The zero-order chi connectivity index (χ0) is 14.9. The van der Waals surface area contributed by atoms with E-state index in [-0.39, 0.29) is 16.9 Å². The quantitative estimate of drug-likeness (QED) is 0.821. The fraction of sp³-hybridized carbons (Fsp3) is 0.133. The summed E-state index contributed by atoms with van der Waals surface area (Å²) in [7, 11) is 0. The highest BCUT2D eigenvalue weighted by atomic mass is 16.1. The number of hydrogen-bond acceptors (Lipinski definition) is 4. The van der Waals surface area contributed by atoms with Gasteiger partial charge < -0.3 is 10.7 Å². The van der Waals surface area contributed by atoms with Gasteiger partial charge >= 0.3 is 0 Å². The number of rotatable bonds is 1. The Kier molecular flexibility index (Phi) is 3.28. The molecule has 1 aromatic heterocycles. The Hall–Kier alpha value is -3.05. The van der Waals surface area contributed by atoms with Crippen LogP contribution in [0.4, 0.5) is 5.82 Å². The van der Waals surface area contributed by atoms with E-state index in [4.69, 9.17) is 5.73 Å². The smallest absolute Gasteiger partial charge is 0.268 e. The number of anilines is 1. The number of nitrogens with one attached hydrogen (secondary N) is 1. The van der Waals surface area contributed by atoms with Crippen molar-refractivity contribution >= 4 is 5.82 Å². The summed E-state index contributed by atoms with van der Waals surface area (Å²) in [5.41, 5.74) is 8.03. The molecule has 2 aromatic rings. The highest BCUT2D eigenvalue weighted by Crippen LogP contribution is 2.31. The minimum atomic E-state index is -0.583. The Balaban J connectivity index is 3.01. The van der Waals surface area contributed by atoms with Crippen LogP contribution in [0.3, 0.4) is 0 Å². The van der Waals surface area contributed by atoms with Crippen molar-refractivity contribution in [1.82, 2.24) is 4.98 Å². The van der Waals surface area contributed by atoms with Crippen molar-refractivity contribution in [1.29, 1.82) is 10.5 Å². The number of hydrogen-bond donors (Lipinski definition) is 2. The third-order valence-electron chi connectivity index (χ3n) is 3.34. The number of benzene rings is 1. The molecule has 0 saturated heterocycles. The van der Waals surface area contributed by atoms with Crippen LogP contribution in [0, 0.1) is 36.5 Å². The molecule has 98 valence electrons. The number of nitrogen functional groups attached to an aromatic ring is 1. The summed E-state index contributed by atoms with van der Waals surface area (Å²) in [5.74, 6) is -0.0209. The molecule has 0 radical (unpaired) electrons. The minimum Gasteiger partial charge on any atom is -0.384 e. The van der Waals surface area contributed by atoms with Crippen molar-refractivity contribution < 1.29 is 0 Å². The lowest BCUT2D eigenvalue weighted by molar-refractivity contribution is 1.20. The molecule has 0 bridgehead atoms. The summed E-state index contributed by atoms with van der Waals surface area (Å²) in [5, 5.41) is 18.5. The van der Waals surface area contributed by atoms with E-state index < -0.39 is 5.56 Å². The summed E-state index contributed by atoms with van der Waals surface area (Å²) < 4.78 is 0. The summed E-state index contributed by atoms with van der Waals surface area (Å²) in [4.78, 5) is 14.2. The number of pyridine rings is 1. The molecule has 0 aliphatic heterocycles. The average Bonchev–Trinajstić information content (AvgIpc) is 2.41. The summed E-state index contributed by atoms with van der Waals surface area (Å²) in [6.07, 6.45) is 0. The third-order valence-corrected chi connectivity index (χ3v) is 3.34. The molecule has 20 heavy (non-hydrogen) atoms. The number of nitrogens with zero attached hydrogens (tertiary/aromatic N) is 2. The van der Waals surface area contributed by atoms with Crippen LogP contribution in [0.25, 0.3) is 11.1 Å².